The predicted molar refractivity (Wildman–Crippen MR) is 77.5 cm³/mol. The van der Waals surface area contributed by atoms with Gasteiger partial charge in [0.05, 0.1) is 18.0 Å². The highest BCUT2D eigenvalue weighted by atomic mass is 32.1. The van der Waals surface area contributed by atoms with Crippen LogP contribution in [0.25, 0.3) is 11.3 Å². The van der Waals surface area contributed by atoms with Crippen molar-refractivity contribution in [3.05, 3.63) is 28.6 Å². The molecule has 2 aliphatic rings. The fraction of sp³-hybridized carbons (Fsp3) is 0.533. The molecule has 0 aromatic carbocycles. The van der Waals surface area contributed by atoms with Gasteiger partial charge < -0.3 is 9.47 Å². The van der Waals surface area contributed by atoms with Crippen molar-refractivity contribution < 1.29 is 9.47 Å². The van der Waals surface area contributed by atoms with Crippen LogP contribution in [0.1, 0.15) is 43.9 Å². The fourth-order valence-electron chi connectivity index (χ4n) is 3.12. The number of rotatable bonds is 2. The zero-order chi connectivity index (χ0) is 13.4. The van der Waals surface area contributed by atoms with Crippen LogP contribution in [0.2, 0.25) is 0 Å². The van der Waals surface area contributed by atoms with Crippen molar-refractivity contribution in [2.24, 2.45) is 0 Å². The summed E-state index contributed by atoms with van der Waals surface area (Å²) in [6.45, 7) is 0.630. The minimum absolute atomic E-state index is 0.00649. The van der Waals surface area contributed by atoms with Gasteiger partial charge in [0.1, 0.15) is 6.10 Å². The minimum Gasteiger partial charge on any atom is -0.347 e. The van der Waals surface area contributed by atoms with E-state index in [-0.39, 0.29) is 11.9 Å². The Bertz CT molecular complexity index is 572. The summed E-state index contributed by atoms with van der Waals surface area (Å²) < 4.78 is 12.2. The van der Waals surface area contributed by atoms with Crippen LogP contribution in [0, 0.1) is 0 Å². The van der Waals surface area contributed by atoms with E-state index >= 15 is 0 Å². The third kappa shape index (κ3) is 2.20. The third-order valence-corrected chi connectivity index (χ3v) is 4.91. The molecule has 1 saturated carbocycles. The topological polar surface area (TPSA) is 47.1 Å². The average Bonchev–Trinajstić information content (AvgIpc) is 3.19. The Morgan fingerprint density at radius 2 is 2.20 bits per heavy atom. The lowest BCUT2D eigenvalue weighted by molar-refractivity contribution is -0.188. The van der Waals surface area contributed by atoms with Gasteiger partial charge in [0, 0.05) is 23.8 Å². The Morgan fingerprint density at radius 1 is 1.30 bits per heavy atom. The standard InChI is InChI=1S/C15H18N2O2S/c1-2-5-15(6-3-1)18-9-14(19-15)13-8-12(16-17-13)11-4-7-20-10-11/h4,7-8,10,14H,1-3,5-6,9H2,(H,16,17). The molecule has 5 heteroatoms. The molecule has 1 spiro atoms. The van der Waals surface area contributed by atoms with Crippen molar-refractivity contribution in [2.45, 2.75) is 44.0 Å². The van der Waals surface area contributed by atoms with E-state index in [0.717, 1.165) is 29.8 Å². The van der Waals surface area contributed by atoms with Crippen LogP contribution in [-0.2, 0) is 9.47 Å². The van der Waals surface area contributed by atoms with Gasteiger partial charge in [0.15, 0.2) is 5.79 Å². The molecular weight excluding hydrogens is 272 g/mol. The Hall–Kier alpha value is -1.17. The van der Waals surface area contributed by atoms with Crippen LogP contribution in [0.4, 0.5) is 0 Å². The predicted octanol–water partition coefficient (Wildman–Crippen LogP) is 3.89. The number of H-pyrrole nitrogens is 1. The zero-order valence-corrected chi connectivity index (χ0v) is 12.1. The van der Waals surface area contributed by atoms with Crippen LogP contribution in [-0.4, -0.2) is 22.6 Å². The van der Waals surface area contributed by atoms with Gasteiger partial charge in [-0.15, -0.1) is 0 Å². The maximum absolute atomic E-state index is 6.22. The molecule has 4 nitrogen and oxygen atoms in total. The second-order valence-electron chi connectivity index (χ2n) is 5.61. The molecule has 1 aliphatic carbocycles. The summed E-state index contributed by atoms with van der Waals surface area (Å²) in [5.41, 5.74) is 3.16. The van der Waals surface area contributed by atoms with Crippen molar-refractivity contribution in [3.8, 4) is 11.3 Å². The number of hydrogen-bond acceptors (Lipinski definition) is 4. The van der Waals surface area contributed by atoms with E-state index in [0.29, 0.717) is 6.61 Å². The molecule has 1 aliphatic heterocycles. The molecule has 0 radical (unpaired) electrons. The number of nitrogens with one attached hydrogen (secondary N) is 1. The van der Waals surface area contributed by atoms with E-state index in [4.69, 9.17) is 9.47 Å². The largest absolute Gasteiger partial charge is 0.347 e. The average molecular weight is 290 g/mol. The van der Waals surface area contributed by atoms with Gasteiger partial charge in [-0.3, -0.25) is 5.10 Å². The van der Waals surface area contributed by atoms with Crippen LogP contribution in [0.3, 0.4) is 0 Å². The first kappa shape index (κ1) is 12.6. The Morgan fingerprint density at radius 3 is 3.00 bits per heavy atom. The van der Waals surface area contributed by atoms with E-state index in [1.54, 1.807) is 11.3 Å². The summed E-state index contributed by atoms with van der Waals surface area (Å²) in [6, 6.07) is 4.16. The van der Waals surface area contributed by atoms with Gasteiger partial charge in [-0.05, 0) is 30.4 Å². The maximum atomic E-state index is 6.22. The molecule has 2 fully saturated rings. The van der Waals surface area contributed by atoms with Gasteiger partial charge >= 0.3 is 0 Å². The molecule has 1 unspecified atom stereocenters. The number of thiophene rings is 1. The van der Waals surface area contributed by atoms with Crippen LogP contribution >= 0.6 is 11.3 Å². The van der Waals surface area contributed by atoms with E-state index in [1.165, 1.54) is 19.3 Å². The first-order chi connectivity index (χ1) is 9.85. The number of hydrogen-bond donors (Lipinski definition) is 1. The Balaban J connectivity index is 1.51. The van der Waals surface area contributed by atoms with Crippen molar-refractivity contribution in [2.75, 3.05) is 6.61 Å². The highest BCUT2D eigenvalue weighted by Gasteiger charge is 2.43. The first-order valence-corrected chi connectivity index (χ1v) is 8.19. The fourth-order valence-corrected chi connectivity index (χ4v) is 3.77. The SMILES string of the molecule is c1cc(-c2cc(C3COC4(CCCCC4)O3)[nH]n2)cs1. The molecule has 2 aromatic rings. The lowest BCUT2D eigenvalue weighted by Crippen LogP contribution is -2.32. The van der Waals surface area contributed by atoms with Crippen molar-refractivity contribution in [3.63, 3.8) is 0 Å². The number of aromatic amines is 1. The minimum atomic E-state index is -0.323. The molecule has 1 N–H and O–H groups in total. The molecule has 4 rings (SSSR count). The molecule has 0 bridgehead atoms. The monoisotopic (exact) mass is 290 g/mol. The van der Waals surface area contributed by atoms with Gasteiger partial charge in [-0.1, -0.05) is 6.42 Å². The van der Waals surface area contributed by atoms with Gasteiger partial charge in [0.2, 0.25) is 0 Å². The number of aromatic nitrogens is 2. The Kier molecular flexibility index (Phi) is 3.13. The van der Waals surface area contributed by atoms with Gasteiger partial charge in [0.25, 0.3) is 0 Å². The summed E-state index contributed by atoms with van der Waals surface area (Å²) in [5.74, 6) is -0.323. The molecular formula is C15H18N2O2S. The normalized spacial score (nSPS) is 25.3. The van der Waals surface area contributed by atoms with Crippen molar-refractivity contribution >= 4 is 11.3 Å². The molecule has 2 aromatic heterocycles. The summed E-state index contributed by atoms with van der Waals surface area (Å²) in [6.07, 6.45) is 5.74. The summed E-state index contributed by atoms with van der Waals surface area (Å²) in [7, 11) is 0. The van der Waals surface area contributed by atoms with Gasteiger partial charge in [-0.2, -0.15) is 16.4 Å². The highest BCUT2D eigenvalue weighted by Crippen LogP contribution is 2.42. The number of nitrogens with zero attached hydrogens (tertiary/aromatic N) is 1. The maximum Gasteiger partial charge on any atom is 0.169 e. The van der Waals surface area contributed by atoms with Crippen molar-refractivity contribution in [1.29, 1.82) is 0 Å². The number of ether oxygens (including phenoxy) is 2. The molecule has 0 amide bonds. The van der Waals surface area contributed by atoms with Crippen LogP contribution in [0.5, 0.6) is 0 Å². The van der Waals surface area contributed by atoms with Crippen LogP contribution in [0.15, 0.2) is 22.9 Å². The molecule has 3 heterocycles. The quantitative estimate of drug-likeness (QED) is 0.913. The van der Waals surface area contributed by atoms with Crippen LogP contribution < -0.4 is 0 Å². The van der Waals surface area contributed by atoms with Gasteiger partial charge in [-0.25, -0.2) is 0 Å². The second-order valence-corrected chi connectivity index (χ2v) is 6.39. The lowest BCUT2D eigenvalue weighted by atomic mass is 9.94. The second kappa shape index (κ2) is 4.98. The van der Waals surface area contributed by atoms with Crippen molar-refractivity contribution in [1.82, 2.24) is 10.2 Å². The van der Waals surface area contributed by atoms with E-state index in [9.17, 15) is 0 Å². The summed E-state index contributed by atoms with van der Waals surface area (Å²) in [5, 5.41) is 11.7. The third-order valence-electron chi connectivity index (χ3n) is 4.23. The molecule has 1 atom stereocenters. The summed E-state index contributed by atoms with van der Waals surface area (Å²) >= 11 is 1.68. The Labute approximate surface area is 122 Å². The zero-order valence-electron chi connectivity index (χ0n) is 11.3. The van der Waals surface area contributed by atoms with E-state index in [2.05, 4.69) is 33.1 Å². The molecule has 106 valence electrons. The first-order valence-electron chi connectivity index (χ1n) is 7.24. The lowest BCUT2D eigenvalue weighted by Gasteiger charge is -2.31. The van der Waals surface area contributed by atoms with E-state index in [1.807, 2.05) is 0 Å². The smallest absolute Gasteiger partial charge is 0.169 e. The van der Waals surface area contributed by atoms with E-state index < -0.39 is 0 Å². The molecule has 1 saturated heterocycles. The molecule has 20 heavy (non-hydrogen) atoms. The highest BCUT2D eigenvalue weighted by molar-refractivity contribution is 7.08. The summed E-state index contributed by atoms with van der Waals surface area (Å²) in [4.78, 5) is 0.